The molecule has 1 aromatic carbocycles. The molecule has 21 heavy (non-hydrogen) atoms. The molecule has 0 spiro atoms. The molecule has 1 saturated carbocycles. The lowest BCUT2D eigenvalue weighted by Crippen LogP contribution is -2.57. The molecule has 2 rings (SSSR count). The first-order valence-electron chi connectivity index (χ1n) is 6.87. The molecule has 0 amide bonds. The first kappa shape index (κ1) is 16.2. The van der Waals surface area contributed by atoms with Crippen molar-refractivity contribution in [3.05, 3.63) is 24.0 Å². The lowest BCUT2D eigenvalue weighted by Gasteiger charge is -2.48. The zero-order valence-corrected chi connectivity index (χ0v) is 13.5. The number of nitrogen functional groups attached to an aromatic ring is 1. The fourth-order valence-corrected chi connectivity index (χ4v) is 4.06. The number of benzene rings is 1. The van der Waals surface area contributed by atoms with Crippen molar-refractivity contribution in [2.75, 3.05) is 33.4 Å². The average Bonchev–Trinajstić information content (AvgIpc) is 2.31. The molecule has 0 aromatic heterocycles. The van der Waals surface area contributed by atoms with Gasteiger partial charge in [-0.3, -0.25) is 0 Å². The van der Waals surface area contributed by atoms with E-state index < -0.39 is 15.8 Å². The molecule has 1 aliphatic rings. The molecule has 1 fully saturated rings. The number of sulfonamides is 1. The van der Waals surface area contributed by atoms with Crippen LogP contribution in [0.5, 0.6) is 0 Å². The van der Waals surface area contributed by atoms with Crippen LogP contribution in [0.15, 0.2) is 23.1 Å². The van der Waals surface area contributed by atoms with Crippen molar-refractivity contribution in [1.29, 1.82) is 0 Å². The van der Waals surface area contributed by atoms with Crippen LogP contribution in [0.3, 0.4) is 0 Å². The molecule has 0 radical (unpaired) electrons. The Balaban J connectivity index is 2.26. The highest BCUT2D eigenvalue weighted by atomic mass is 32.2. The fraction of sp³-hybridized carbons (Fsp3) is 0.571. The molecular formula is C14H22FN3O2S. The van der Waals surface area contributed by atoms with Gasteiger partial charge in [-0.15, -0.1) is 0 Å². The topological polar surface area (TPSA) is 66.6 Å². The Labute approximate surface area is 125 Å². The summed E-state index contributed by atoms with van der Waals surface area (Å²) in [6.07, 6.45) is 3.02. The van der Waals surface area contributed by atoms with Crippen LogP contribution in [-0.4, -0.2) is 50.8 Å². The van der Waals surface area contributed by atoms with Crippen LogP contribution >= 0.6 is 0 Å². The lowest BCUT2D eigenvalue weighted by atomic mass is 9.75. The molecule has 0 saturated heterocycles. The summed E-state index contributed by atoms with van der Waals surface area (Å²) < 4.78 is 39.8. The van der Waals surface area contributed by atoms with Gasteiger partial charge in [0.15, 0.2) is 0 Å². The maximum absolute atomic E-state index is 13.4. The first-order chi connectivity index (χ1) is 9.67. The van der Waals surface area contributed by atoms with E-state index in [0.717, 1.165) is 31.4 Å². The highest BCUT2D eigenvalue weighted by Crippen LogP contribution is 2.37. The van der Waals surface area contributed by atoms with Gasteiger partial charge in [-0.05, 0) is 51.6 Å². The molecule has 0 aliphatic heterocycles. The number of rotatable bonds is 5. The standard InChI is InChI=1S/C14H22FN3O2S/c1-17(2)14(5-4-6-14)10-18(3)21(19,20)13-8-11(15)7-12(16)9-13/h7-9H,4-6,10,16H2,1-3H3. The van der Waals surface area contributed by atoms with Gasteiger partial charge in [0.25, 0.3) is 0 Å². The van der Waals surface area contributed by atoms with Crippen LogP contribution < -0.4 is 5.73 Å². The molecule has 118 valence electrons. The van der Waals surface area contributed by atoms with Gasteiger partial charge in [-0.2, -0.15) is 4.31 Å². The lowest BCUT2D eigenvalue weighted by molar-refractivity contribution is 0.0455. The SMILES string of the molecule is CN(C)C1(CN(C)S(=O)(=O)c2cc(N)cc(F)c2)CCC1. The molecule has 7 heteroatoms. The third-order valence-electron chi connectivity index (χ3n) is 4.35. The highest BCUT2D eigenvalue weighted by Gasteiger charge is 2.42. The van der Waals surface area contributed by atoms with Crippen LogP contribution in [0.2, 0.25) is 0 Å². The van der Waals surface area contributed by atoms with Gasteiger partial charge in [0.2, 0.25) is 10.0 Å². The Morgan fingerprint density at radius 3 is 2.29 bits per heavy atom. The molecule has 1 aromatic rings. The largest absolute Gasteiger partial charge is 0.399 e. The number of nitrogens with two attached hydrogens (primary N) is 1. The van der Waals surface area contributed by atoms with E-state index in [9.17, 15) is 12.8 Å². The summed E-state index contributed by atoms with van der Waals surface area (Å²) in [5, 5.41) is 0. The number of hydrogen-bond donors (Lipinski definition) is 1. The molecule has 2 N–H and O–H groups in total. The van der Waals surface area contributed by atoms with Crippen molar-refractivity contribution in [3.63, 3.8) is 0 Å². The molecular weight excluding hydrogens is 293 g/mol. The van der Waals surface area contributed by atoms with E-state index in [2.05, 4.69) is 4.90 Å². The van der Waals surface area contributed by atoms with Gasteiger partial charge in [-0.25, -0.2) is 12.8 Å². The summed E-state index contributed by atoms with van der Waals surface area (Å²) in [7, 11) is 1.70. The zero-order valence-electron chi connectivity index (χ0n) is 12.6. The van der Waals surface area contributed by atoms with E-state index >= 15 is 0 Å². The van der Waals surface area contributed by atoms with Gasteiger partial charge in [0.1, 0.15) is 5.82 Å². The predicted octanol–water partition coefficient (Wildman–Crippen LogP) is 1.51. The van der Waals surface area contributed by atoms with Crippen molar-refractivity contribution >= 4 is 15.7 Å². The predicted molar refractivity (Wildman–Crippen MR) is 80.9 cm³/mol. The monoisotopic (exact) mass is 315 g/mol. The number of anilines is 1. The van der Waals surface area contributed by atoms with Crippen LogP contribution in [0.1, 0.15) is 19.3 Å². The number of likely N-dealkylation sites (N-methyl/N-ethyl adjacent to an activating group) is 2. The second-order valence-electron chi connectivity index (χ2n) is 5.95. The van der Waals surface area contributed by atoms with Crippen molar-refractivity contribution in [2.45, 2.75) is 29.7 Å². The Kier molecular flexibility index (Phi) is 4.28. The molecule has 0 bridgehead atoms. The first-order valence-corrected chi connectivity index (χ1v) is 8.31. The molecule has 0 heterocycles. The van der Waals surface area contributed by atoms with Crippen LogP contribution in [0.4, 0.5) is 10.1 Å². The Morgan fingerprint density at radius 1 is 1.24 bits per heavy atom. The van der Waals surface area contributed by atoms with Crippen molar-refractivity contribution < 1.29 is 12.8 Å². The summed E-state index contributed by atoms with van der Waals surface area (Å²) in [6.45, 7) is 0.388. The minimum Gasteiger partial charge on any atom is -0.399 e. The third-order valence-corrected chi connectivity index (χ3v) is 6.13. The van der Waals surface area contributed by atoms with Gasteiger partial charge < -0.3 is 10.6 Å². The summed E-state index contributed by atoms with van der Waals surface area (Å²) in [4.78, 5) is 1.97. The number of nitrogens with zero attached hydrogens (tertiary/aromatic N) is 2. The van der Waals surface area contributed by atoms with Crippen LogP contribution in [0, 0.1) is 5.82 Å². The summed E-state index contributed by atoms with van der Waals surface area (Å²) in [6, 6.07) is 3.40. The van der Waals surface area contributed by atoms with Gasteiger partial charge in [0, 0.05) is 24.8 Å². The molecule has 0 unspecified atom stereocenters. The van der Waals surface area contributed by atoms with Crippen LogP contribution in [0.25, 0.3) is 0 Å². The number of halogens is 1. The van der Waals surface area contributed by atoms with Gasteiger partial charge in [-0.1, -0.05) is 0 Å². The summed E-state index contributed by atoms with van der Waals surface area (Å²) in [5.74, 6) is -0.645. The van der Waals surface area contributed by atoms with Gasteiger partial charge >= 0.3 is 0 Å². The second kappa shape index (κ2) is 5.55. The smallest absolute Gasteiger partial charge is 0.243 e. The maximum atomic E-state index is 13.4. The highest BCUT2D eigenvalue weighted by molar-refractivity contribution is 7.89. The fourth-order valence-electron chi connectivity index (χ4n) is 2.74. The summed E-state index contributed by atoms with van der Waals surface area (Å²) in [5.41, 5.74) is 5.52. The molecule has 5 nitrogen and oxygen atoms in total. The maximum Gasteiger partial charge on any atom is 0.243 e. The Morgan fingerprint density at radius 2 is 1.86 bits per heavy atom. The Bertz CT molecular complexity index is 607. The molecule has 1 aliphatic carbocycles. The van der Waals surface area contributed by atoms with E-state index in [1.54, 1.807) is 0 Å². The van der Waals surface area contributed by atoms with Crippen LogP contribution in [-0.2, 0) is 10.0 Å². The van der Waals surface area contributed by atoms with Crippen molar-refractivity contribution in [3.8, 4) is 0 Å². The normalized spacial score (nSPS) is 18.0. The molecule has 0 atom stereocenters. The minimum absolute atomic E-state index is 0.101. The van der Waals surface area contributed by atoms with E-state index in [4.69, 9.17) is 5.73 Å². The quantitative estimate of drug-likeness (QED) is 0.837. The number of hydrogen-bond acceptors (Lipinski definition) is 4. The van der Waals surface area contributed by atoms with E-state index in [1.165, 1.54) is 17.4 Å². The van der Waals surface area contributed by atoms with Crippen molar-refractivity contribution in [1.82, 2.24) is 9.21 Å². The van der Waals surface area contributed by atoms with E-state index in [-0.39, 0.29) is 16.1 Å². The van der Waals surface area contributed by atoms with Gasteiger partial charge in [0.05, 0.1) is 4.90 Å². The average molecular weight is 315 g/mol. The van der Waals surface area contributed by atoms with E-state index in [0.29, 0.717) is 6.54 Å². The van der Waals surface area contributed by atoms with Crippen molar-refractivity contribution in [2.24, 2.45) is 0 Å². The third kappa shape index (κ3) is 3.04. The second-order valence-corrected chi connectivity index (χ2v) is 8.00. The minimum atomic E-state index is -3.74. The Hall–Kier alpha value is -1.18. The summed E-state index contributed by atoms with van der Waals surface area (Å²) >= 11 is 0. The van der Waals surface area contributed by atoms with E-state index in [1.807, 2.05) is 14.1 Å². The zero-order chi connectivity index (χ0) is 15.8.